The number of anilines is 1. The number of nitrogen functional groups attached to an aromatic ring is 1. The summed E-state index contributed by atoms with van der Waals surface area (Å²) in [6.45, 7) is 10.4. The molecule has 0 bridgehead atoms. The van der Waals surface area contributed by atoms with Gasteiger partial charge in [-0.2, -0.15) is 0 Å². The maximum absolute atomic E-state index is 8.75. The third kappa shape index (κ3) is 7.60. The summed E-state index contributed by atoms with van der Waals surface area (Å²) in [5, 5.41) is 8.75. The fraction of sp³-hybridized carbons (Fsp3) is 0.538. The van der Waals surface area contributed by atoms with Crippen molar-refractivity contribution in [3.63, 3.8) is 0 Å². The molecule has 0 radical (unpaired) electrons. The number of nitrogens with one attached hydrogen (secondary N) is 3. The zero-order chi connectivity index (χ0) is 24.3. The van der Waals surface area contributed by atoms with E-state index in [1.807, 2.05) is 51.1 Å². The lowest BCUT2D eigenvalue weighted by atomic mass is 9.94. The number of ether oxygens (including phenoxy) is 2. The molecule has 34 heavy (non-hydrogen) atoms. The van der Waals surface area contributed by atoms with Gasteiger partial charge in [0.1, 0.15) is 12.0 Å². The largest absolute Gasteiger partial charge is 0.502 e. The minimum Gasteiger partial charge on any atom is -0.502 e. The summed E-state index contributed by atoms with van der Waals surface area (Å²) in [7, 11) is 0. The zero-order valence-electron chi connectivity index (χ0n) is 20.8. The lowest BCUT2D eigenvalue weighted by Crippen LogP contribution is -2.41. The van der Waals surface area contributed by atoms with Crippen molar-refractivity contribution >= 4 is 17.2 Å². The first-order valence-corrected chi connectivity index (χ1v) is 12.3. The van der Waals surface area contributed by atoms with Crippen molar-refractivity contribution in [2.75, 3.05) is 38.6 Å². The van der Waals surface area contributed by atoms with Crippen LogP contribution in [0.15, 0.2) is 47.4 Å². The SMILES string of the molecule is C/C=C/OCCCCO/C(C)=C/C(C)C(=N)c1cc(C2=NC(CN3CCCC3)NN2)ccc1N. The number of aliphatic imine (C=N–C) groups is 1. The number of allylic oxidation sites excluding steroid dienone is 3. The van der Waals surface area contributed by atoms with Crippen LogP contribution in [-0.2, 0) is 9.47 Å². The fourth-order valence-corrected chi connectivity index (χ4v) is 4.17. The molecule has 8 nitrogen and oxygen atoms in total. The fourth-order valence-electron chi connectivity index (χ4n) is 4.17. The van der Waals surface area contributed by atoms with E-state index >= 15 is 0 Å². The van der Waals surface area contributed by atoms with Crippen molar-refractivity contribution in [3.8, 4) is 0 Å². The third-order valence-corrected chi connectivity index (χ3v) is 6.05. The summed E-state index contributed by atoms with van der Waals surface area (Å²) in [5.41, 5.74) is 15.4. The van der Waals surface area contributed by atoms with Gasteiger partial charge >= 0.3 is 0 Å². The number of nitrogens with zero attached hydrogens (tertiary/aromatic N) is 2. The molecule has 1 aromatic carbocycles. The summed E-state index contributed by atoms with van der Waals surface area (Å²) in [5.74, 6) is 1.48. The molecule has 0 saturated carbocycles. The zero-order valence-corrected chi connectivity index (χ0v) is 20.8. The Kier molecular flexibility index (Phi) is 9.97. The molecule has 3 rings (SSSR count). The molecule has 0 spiro atoms. The molecule has 1 aromatic rings. The Morgan fingerprint density at radius 1 is 1.29 bits per heavy atom. The second-order valence-corrected chi connectivity index (χ2v) is 8.95. The van der Waals surface area contributed by atoms with Crippen LogP contribution >= 0.6 is 0 Å². The molecular formula is C26H40N6O2. The van der Waals surface area contributed by atoms with E-state index in [4.69, 9.17) is 25.6 Å². The Morgan fingerprint density at radius 3 is 2.82 bits per heavy atom. The Bertz CT molecular complexity index is 905. The smallest absolute Gasteiger partial charge is 0.144 e. The van der Waals surface area contributed by atoms with Crippen LogP contribution in [0.1, 0.15) is 57.6 Å². The van der Waals surface area contributed by atoms with Gasteiger partial charge in [0.15, 0.2) is 0 Å². The van der Waals surface area contributed by atoms with E-state index in [2.05, 4.69) is 15.8 Å². The van der Waals surface area contributed by atoms with E-state index in [0.29, 0.717) is 24.6 Å². The Morgan fingerprint density at radius 2 is 2.06 bits per heavy atom. The number of amidine groups is 1. The van der Waals surface area contributed by atoms with E-state index in [-0.39, 0.29) is 12.1 Å². The number of likely N-dealkylation sites (tertiary alicyclic amines) is 1. The van der Waals surface area contributed by atoms with Crippen LogP contribution in [0.25, 0.3) is 0 Å². The number of hydrogen-bond acceptors (Lipinski definition) is 8. The van der Waals surface area contributed by atoms with Gasteiger partial charge in [-0.1, -0.05) is 13.0 Å². The molecule has 2 heterocycles. The van der Waals surface area contributed by atoms with Crippen LogP contribution in [0.4, 0.5) is 5.69 Å². The molecule has 186 valence electrons. The minimum atomic E-state index is -0.130. The van der Waals surface area contributed by atoms with Crippen molar-refractivity contribution in [1.29, 1.82) is 5.41 Å². The van der Waals surface area contributed by atoms with Crippen LogP contribution < -0.4 is 16.6 Å². The van der Waals surface area contributed by atoms with E-state index in [1.165, 1.54) is 12.8 Å². The first-order chi connectivity index (χ1) is 16.5. The van der Waals surface area contributed by atoms with E-state index in [9.17, 15) is 0 Å². The van der Waals surface area contributed by atoms with Crippen LogP contribution in [0.3, 0.4) is 0 Å². The van der Waals surface area contributed by atoms with Gasteiger partial charge in [0, 0.05) is 35.0 Å². The average molecular weight is 469 g/mol. The van der Waals surface area contributed by atoms with Gasteiger partial charge in [-0.05, 0) is 76.9 Å². The predicted molar refractivity (Wildman–Crippen MR) is 139 cm³/mol. The highest BCUT2D eigenvalue weighted by Gasteiger charge is 2.23. The molecule has 0 amide bonds. The maximum Gasteiger partial charge on any atom is 0.144 e. The molecule has 1 saturated heterocycles. The van der Waals surface area contributed by atoms with Crippen molar-refractivity contribution in [3.05, 3.63) is 53.5 Å². The summed E-state index contributed by atoms with van der Waals surface area (Å²) >= 11 is 0. The number of benzene rings is 1. The predicted octanol–water partition coefficient (Wildman–Crippen LogP) is 3.80. The first-order valence-electron chi connectivity index (χ1n) is 12.3. The molecule has 2 aliphatic heterocycles. The summed E-state index contributed by atoms with van der Waals surface area (Å²) in [4.78, 5) is 7.24. The Balaban J connectivity index is 1.55. The van der Waals surface area contributed by atoms with Crippen molar-refractivity contribution < 1.29 is 9.47 Å². The van der Waals surface area contributed by atoms with Crippen molar-refractivity contribution in [1.82, 2.24) is 15.8 Å². The normalized spacial score (nSPS) is 19.8. The number of hydrogen-bond donors (Lipinski definition) is 4. The quantitative estimate of drug-likeness (QED) is 0.152. The molecule has 2 atom stereocenters. The van der Waals surface area contributed by atoms with E-state index < -0.39 is 0 Å². The monoisotopic (exact) mass is 468 g/mol. The van der Waals surface area contributed by atoms with Gasteiger partial charge in [-0.15, -0.1) is 0 Å². The van der Waals surface area contributed by atoms with Crippen LogP contribution in [0.2, 0.25) is 0 Å². The van der Waals surface area contributed by atoms with Crippen LogP contribution in [0.5, 0.6) is 0 Å². The van der Waals surface area contributed by atoms with E-state index in [0.717, 1.165) is 55.2 Å². The molecule has 0 aromatic heterocycles. The third-order valence-electron chi connectivity index (χ3n) is 6.05. The average Bonchev–Trinajstić information content (AvgIpc) is 3.51. The number of hydrazine groups is 1. The van der Waals surface area contributed by atoms with Gasteiger partial charge < -0.3 is 26.0 Å². The maximum atomic E-state index is 8.75. The second kappa shape index (κ2) is 13.2. The van der Waals surface area contributed by atoms with Crippen molar-refractivity contribution in [2.24, 2.45) is 10.9 Å². The van der Waals surface area contributed by atoms with Gasteiger partial charge in [-0.3, -0.25) is 4.90 Å². The molecule has 0 aliphatic carbocycles. The number of nitrogens with two attached hydrogens (primary N) is 1. The molecule has 2 aliphatic rings. The van der Waals surface area contributed by atoms with Gasteiger partial charge in [0.2, 0.25) is 0 Å². The van der Waals surface area contributed by atoms with Gasteiger partial charge in [0.25, 0.3) is 0 Å². The standard InChI is InChI=1S/C26H40N6O2/c1-4-13-33-14-7-8-15-34-20(3)16-19(2)25(28)22-17-21(9-10-23(22)27)26-29-24(30-31-26)18-32-11-5-6-12-32/h4,9-10,13,16-17,19,24,28,30H,5-8,11-12,14-15,18,27H2,1-3H3,(H,29,31)/b13-4+,20-16+,28-25?. The Labute approximate surface area is 203 Å². The minimum absolute atomic E-state index is 0.0323. The number of rotatable bonds is 13. The molecular weight excluding hydrogens is 428 g/mol. The van der Waals surface area contributed by atoms with Gasteiger partial charge in [0.05, 0.1) is 25.2 Å². The molecule has 1 fully saturated rings. The summed E-state index contributed by atoms with van der Waals surface area (Å²) in [6.07, 6.45) is 9.99. The molecule has 2 unspecified atom stereocenters. The summed E-state index contributed by atoms with van der Waals surface area (Å²) in [6, 6.07) is 5.76. The highest BCUT2D eigenvalue weighted by molar-refractivity contribution is 6.08. The lowest BCUT2D eigenvalue weighted by Gasteiger charge is -2.17. The van der Waals surface area contributed by atoms with Gasteiger partial charge in [-0.25, -0.2) is 10.4 Å². The van der Waals surface area contributed by atoms with E-state index in [1.54, 1.807) is 6.26 Å². The Hall–Kier alpha value is -2.84. The number of unbranched alkanes of at least 4 members (excludes halogenated alkanes) is 1. The lowest BCUT2D eigenvalue weighted by molar-refractivity contribution is 0.185. The first kappa shape index (κ1) is 25.8. The molecule has 5 N–H and O–H groups in total. The van der Waals surface area contributed by atoms with Crippen molar-refractivity contribution in [2.45, 2.75) is 52.6 Å². The highest BCUT2D eigenvalue weighted by Crippen LogP contribution is 2.21. The van der Waals surface area contributed by atoms with Crippen LogP contribution in [0, 0.1) is 11.3 Å². The molecule has 8 heteroatoms. The topological polar surface area (TPSA) is 108 Å². The summed E-state index contributed by atoms with van der Waals surface area (Å²) < 4.78 is 11.1. The highest BCUT2D eigenvalue weighted by atomic mass is 16.5. The van der Waals surface area contributed by atoms with Crippen LogP contribution in [-0.4, -0.2) is 55.5 Å². The second-order valence-electron chi connectivity index (χ2n) is 8.95.